The summed E-state index contributed by atoms with van der Waals surface area (Å²) in [5.41, 5.74) is 0.0716. The lowest BCUT2D eigenvalue weighted by molar-refractivity contribution is 0.0532. The van der Waals surface area contributed by atoms with Crippen LogP contribution in [0.1, 0.15) is 38.3 Å². The van der Waals surface area contributed by atoms with Crippen molar-refractivity contribution in [3.63, 3.8) is 0 Å². The van der Waals surface area contributed by atoms with Gasteiger partial charge in [0.05, 0.1) is 18.8 Å². The van der Waals surface area contributed by atoms with E-state index >= 15 is 0 Å². The Hall–Kier alpha value is -1.04. The van der Waals surface area contributed by atoms with Crippen LogP contribution in [0.3, 0.4) is 0 Å². The van der Waals surface area contributed by atoms with Gasteiger partial charge in [0.1, 0.15) is 11.6 Å². The number of benzene rings is 1. The number of ether oxygens (including phenoxy) is 1. The Balaban J connectivity index is 0.00000480. The van der Waals surface area contributed by atoms with Gasteiger partial charge in [0, 0.05) is 44.8 Å². The summed E-state index contributed by atoms with van der Waals surface area (Å²) in [6.07, 6.45) is 2.30. The zero-order valence-electron chi connectivity index (χ0n) is 19.3. The van der Waals surface area contributed by atoms with Crippen molar-refractivity contribution in [2.24, 2.45) is 4.99 Å². The van der Waals surface area contributed by atoms with E-state index in [2.05, 4.69) is 34.4 Å². The molecule has 0 bridgehead atoms. The van der Waals surface area contributed by atoms with Crippen molar-refractivity contribution >= 4 is 29.9 Å². The highest BCUT2D eigenvalue weighted by molar-refractivity contribution is 14.0. The number of nitrogens with zero attached hydrogens (tertiary/aromatic N) is 3. The summed E-state index contributed by atoms with van der Waals surface area (Å²) in [7, 11) is 5.34. The van der Waals surface area contributed by atoms with Crippen LogP contribution in [0.4, 0.5) is 8.78 Å². The van der Waals surface area contributed by atoms with E-state index in [1.54, 1.807) is 11.9 Å². The predicted molar refractivity (Wildman–Crippen MR) is 133 cm³/mol. The number of likely N-dealkylation sites (tertiary alicyclic amines) is 1. The molecule has 0 spiro atoms. The van der Waals surface area contributed by atoms with Gasteiger partial charge < -0.3 is 25.2 Å². The van der Waals surface area contributed by atoms with Crippen LogP contribution in [0.25, 0.3) is 0 Å². The van der Waals surface area contributed by atoms with E-state index in [4.69, 9.17) is 4.74 Å². The second kappa shape index (κ2) is 14.2. The van der Waals surface area contributed by atoms with Gasteiger partial charge in [0.25, 0.3) is 0 Å². The van der Waals surface area contributed by atoms with Crippen LogP contribution in [0.15, 0.2) is 23.2 Å². The zero-order chi connectivity index (χ0) is 22.1. The third-order valence-corrected chi connectivity index (χ3v) is 5.43. The largest absolute Gasteiger partial charge is 0.377 e. The number of nitrogens with one attached hydrogen (secondary N) is 2. The number of rotatable bonds is 9. The molecule has 1 saturated heterocycles. The average Bonchev–Trinajstić information content (AvgIpc) is 2.69. The van der Waals surface area contributed by atoms with Gasteiger partial charge in [-0.05, 0) is 52.9 Å². The second-order valence-electron chi connectivity index (χ2n) is 8.25. The number of halogens is 3. The van der Waals surface area contributed by atoms with Crippen molar-refractivity contribution in [3.8, 4) is 0 Å². The van der Waals surface area contributed by atoms with E-state index < -0.39 is 17.7 Å². The first-order valence-electron chi connectivity index (χ1n) is 10.7. The van der Waals surface area contributed by atoms with E-state index in [1.807, 2.05) is 14.1 Å². The minimum absolute atomic E-state index is 0. The molecule has 31 heavy (non-hydrogen) atoms. The van der Waals surface area contributed by atoms with E-state index in [1.165, 1.54) is 18.2 Å². The lowest BCUT2D eigenvalue weighted by Crippen LogP contribution is -2.50. The van der Waals surface area contributed by atoms with Gasteiger partial charge in [-0.1, -0.05) is 6.07 Å². The van der Waals surface area contributed by atoms with Crippen LogP contribution < -0.4 is 10.6 Å². The Bertz CT molecular complexity index is 662. The van der Waals surface area contributed by atoms with Crippen molar-refractivity contribution in [1.29, 1.82) is 0 Å². The molecule has 2 N–H and O–H groups in total. The number of guanidine groups is 1. The molecule has 0 aliphatic carbocycles. The Labute approximate surface area is 202 Å². The monoisotopic (exact) mass is 553 g/mol. The third-order valence-electron chi connectivity index (χ3n) is 5.43. The van der Waals surface area contributed by atoms with Gasteiger partial charge in [-0.25, -0.2) is 8.78 Å². The molecule has 6 nitrogen and oxygen atoms in total. The van der Waals surface area contributed by atoms with Crippen LogP contribution in [-0.4, -0.2) is 81.8 Å². The highest BCUT2D eigenvalue weighted by Crippen LogP contribution is 2.23. The normalized spacial score (nSPS) is 17.0. The molecular formula is C22H38F2IN5O. The highest BCUT2D eigenvalue weighted by atomic mass is 127. The number of aliphatic imine (C=N–C) groups is 1. The Kier molecular flexibility index (Phi) is 12.8. The Morgan fingerprint density at radius 3 is 2.35 bits per heavy atom. The standard InChI is InChI=1S/C22H37F2N5O.HI/c1-16(2)30-14-13-29-11-9-17(10-12-29)27-22(25-3)26-15-20(28(4)5)21-18(23)7-6-8-19(21)24;/h6-8,16-17,20H,9-15H2,1-5H3,(H2,25,26,27);1H. The molecule has 1 fully saturated rings. The first-order valence-corrected chi connectivity index (χ1v) is 10.7. The van der Waals surface area contributed by atoms with Gasteiger partial charge in [-0.15, -0.1) is 24.0 Å². The Morgan fingerprint density at radius 2 is 1.84 bits per heavy atom. The fourth-order valence-electron chi connectivity index (χ4n) is 3.67. The SMILES string of the molecule is CN=C(NCC(c1c(F)cccc1F)N(C)C)NC1CCN(CCOC(C)C)CC1.I. The molecular weight excluding hydrogens is 515 g/mol. The van der Waals surface area contributed by atoms with E-state index in [9.17, 15) is 8.78 Å². The quantitative estimate of drug-likeness (QED) is 0.280. The van der Waals surface area contributed by atoms with Crippen molar-refractivity contribution < 1.29 is 13.5 Å². The third kappa shape index (κ3) is 9.15. The molecule has 0 aromatic heterocycles. The van der Waals surface area contributed by atoms with Crippen LogP contribution in [0, 0.1) is 11.6 Å². The topological polar surface area (TPSA) is 52.1 Å². The van der Waals surface area contributed by atoms with E-state index in [-0.39, 0.29) is 35.6 Å². The maximum atomic E-state index is 14.3. The molecule has 1 unspecified atom stereocenters. The summed E-state index contributed by atoms with van der Waals surface area (Å²) in [5, 5.41) is 6.69. The highest BCUT2D eigenvalue weighted by Gasteiger charge is 2.24. The second-order valence-corrected chi connectivity index (χ2v) is 8.25. The first kappa shape index (κ1) is 28.0. The molecule has 1 aliphatic rings. The van der Waals surface area contributed by atoms with Gasteiger partial charge in [0.15, 0.2) is 5.96 Å². The summed E-state index contributed by atoms with van der Waals surface area (Å²) in [6, 6.07) is 3.84. The molecule has 0 radical (unpaired) electrons. The zero-order valence-corrected chi connectivity index (χ0v) is 21.7. The van der Waals surface area contributed by atoms with Crippen LogP contribution in [0.5, 0.6) is 0 Å². The van der Waals surface area contributed by atoms with E-state index in [0.717, 1.165) is 39.1 Å². The maximum Gasteiger partial charge on any atom is 0.191 e. The molecule has 1 heterocycles. The average molecular weight is 553 g/mol. The molecule has 1 aromatic rings. The molecule has 1 aromatic carbocycles. The van der Waals surface area contributed by atoms with Gasteiger partial charge >= 0.3 is 0 Å². The lowest BCUT2D eigenvalue weighted by Gasteiger charge is -2.33. The fraction of sp³-hybridized carbons (Fsp3) is 0.682. The molecule has 9 heteroatoms. The number of piperidine rings is 1. The summed E-state index contributed by atoms with van der Waals surface area (Å²) in [4.78, 5) is 8.52. The van der Waals surface area contributed by atoms with Gasteiger partial charge in [0.2, 0.25) is 0 Å². The molecule has 1 atom stereocenters. The summed E-state index contributed by atoms with van der Waals surface area (Å²) in [6.45, 7) is 8.18. The smallest absolute Gasteiger partial charge is 0.191 e. The molecule has 0 amide bonds. The first-order chi connectivity index (χ1) is 14.3. The molecule has 0 saturated carbocycles. The van der Waals surface area contributed by atoms with Crippen LogP contribution in [-0.2, 0) is 4.74 Å². The minimum Gasteiger partial charge on any atom is -0.377 e. The van der Waals surface area contributed by atoms with E-state index in [0.29, 0.717) is 18.5 Å². The number of hydrogen-bond acceptors (Lipinski definition) is 4. The van der Waals surface area contributed by atoms with Gasteiger partial charge in [-0.2, -0.15) is 0 Å². The van der Waals surface area contributed by atoms with Crippen LogP contribution >= 0.6 is 24.0 Å². The fourth-order valence-corrected chi connectivity index (χ4v) is 3.67. The molecule has 2 rings (SSSR count). The van der Waals surface area contributed by atoms with Crippen molar-refractivity contribution in [2.45, 2.75) is 44.9 Å². The molecule has 178 valence electrons. The lowest BCUT2D eigenvalue weighted by atomic mass is 10.0. The summed E-state index contributed by atoms with van der Waals surface area (Å²) >= 11 is 0. The number of hydrogen-bond donors (Lipinski definition) is 2. The van der Waals surface area contributed by atoms with Crippen molar-refractivity contribution in [3.05, 3.63) is 35.4 Å². The summed E-state index contributed by atoms with van der Waals surface area (Å²) < 4.78 is 34.1. The summed E-state index contributed by atoms with van der Waals surface area (Å²) in [5.74, 6) is -0.417. The van der Waals surface area contributed by atoms with Crippen LogP contribution in [0.2, 0.25) is 0 Å². The number of likely N-dealkylation sites (N-methyl/N-ethyl adjacent to an activating group) is 1. The van der Waals surface area contributed by atoms with Crippen molar-refractivity contribution in [2.75, 3.05) is 53.9 Å². The predicted octanol–water partition coefficient (Wildman–Crippen LogP) is 3.24. The Morgan fingerprint density at radius 1 is 1.23 bits per heavy atom. The maximum absolute atomic E-state index is 14.3. The van der Waals surface area contributed by atoms with Crippen molar-refractivity contribution in [1.82, 2.24) is 20.4 Å². The molecule has 1 aliphatic heterocycles. The minimum atomic E-state index is -0.535. The van der Waals surface area contributed by atoms with Gasteiger partial charge in [-0.3, -0.25) is 4.99 Å².